The largest absolute Gasteiger partial charge is 0.459 e. The van der Waals surface area contributed by atoms with Gasteiger partial charge in [0.15, 0.2) is 0 Å². The molecule has 154 valence electrons. The average Bonchev–Trinajstić information content (AvgIpc) is 3.09. The van der Waals surface area contributed by atoms with Crippen molar-refractivity contribution in [2.24, 2.45) is 5.73 Å². The molecule has 0 bridgehead atoms. The number of nitrogens with zero attached hydrogens (tertiary/aromatic N) is 2. The van der Waals surface area contributed by atoms with Crippen LogP contribution < -0.4 is 11.3 Å². The van der Waals surface area contributed by atoms with Crippen molar-refractivity contribution in [2.45, 2.75) is 44.5 Å². The smallest absolute Gasteiger partial charge is 0.333 e. The highest BCUT2D eigenvalue weighted by Gasteiger charge is 2.42. The van der Waals surface area contributed by atoms with Gasteiger partial charge in [-0.05, 0) is 48.1 Å². The number of ether oxygens (including phenoxy) is 1. The monoisotopic (exact) mass is 417 g/mol. The van der Waals surface area contributed by atoms with Crippen molar-refractivity contribution in [1.82, 2.24) is 9.55 Å². The van der Waals surface area contributed by atoms with Crippen LogP contribution in [-0.2, 0) is 34.6 Å². The van der Waals surface area contributed by atoms with Crippen molar-refractivity contribution in [3.63, 3.8) is 0 Å². The standard InChI is InChI=1S/C22H17BFN3O4/c1-8-9-2-3-14(25)17-10-6-27-16(19(10)26-15(18(9)17)5-13(8)24)4-12-11(20(27)28)7-31-21(29)22(12,23)30/h4-5,14,30H,2-3,6-7,25H2,1H3/t14-,22-/m0/s1. The Balaban J connectivity index is 1.71. The molecule has 0 unspecified atom stereocenters. The minimum absolute atomic E-state index is 0.00321. The SMILES string of the molecule is [B][C@@]1(O)C(=O)OCc2c1cc1n(c2=O)Cc2c-1nc1cc(F)c(C)c3c1c2[C@@H](N)CC3. The van der Waals surface area contributed by atoms with Crippen LogP contribution in [0.4, 0.5) is 4.39 Å². The number of rotatable bonds is 0. The minimum atomic E-state index is -2.43. The molecule has 0 amide bonds. The Hall–Kier alpha value is -3.04. The maximum absolute atomic E-state index is 14.6. The average molecular weight is 417 g/mol. The first-order valence-corrected chi connectivity index (χ1v) is 10.1. The fraction of sp³-hybridized carbons (Fsp3) is 0.318. The van der Waals surface area contributed by atoms with Gasteiger partial charge in [-0.1, -0.05) is 0 Å². The van der Waals surface area contributed by atoms with Gasteiger partial charge in [-0.3, -0.25) is 4.79 Å². The van der Waals surface area contributed by atoms with Crippen LogP contribution in [0.25, 0.3) is 22.3 Å². The van der Waals surface area contributed by atoms with Gasteiger partial charge in [0.05, 0.1) is 29.0 Å². The Labute approximate surface area is 177 Å². The fourth-order valence-electron chi connectivity index (χ4n) is 5.22. The predicted octanol–water partition coefficient (Wildman–Crippen LogP) is 1.19. The molecule has 3 aliphatic rings. The molecule has 0 fully saturated rings. The summed E-state index contributed by atoms with van der Waals surface area (Å²) in [5, 5.41) is 11.3. The molecule has 1 aliphatic carbocycles. The van der Waals surface area contributed by atoms with Crippen LogP contribution in [-0.4, -0.2) is 28.5 Å². The number of cyclic esters (lactones) is 1. The van der Waals surface area contributed by atoms with Crippen molar-refractivity contribution < 1.29 is 19.0 Å². The van der Waals surface area contributed by atoms with E-state index in [1.807, 2.05) is 0 Å². The molecule has 6 rings (SSSR count). The summed E-state index contributed by atoms with van der Waals surface area (Å²) in [5.41, 5.74) is 8.34. The summed E-state index contributed by atoms with van der Waals surface area (Å²) in [6.45, 7) is 1.74. The highest BCUT2D eigenvalue weighted by molar-refractivity contribution is 6.26. The molecule has 0 saturated carbocycles. The summed E-state index contributed by atoms with van der Waals surface area (Å²) in [6, 6.07) is 2.63. The lowest BCUT2D eigenvalue weighted by Crippen LogP contribution is -2.45. The van der Waals surface area contributed by atoms with Gasteiger partial charge in [0.2, 0.25) is 0 Å². The lowest BCUT2D eigenvalue weighted by molar-refractivity contribution is -0.162. The van der Waals surface area contributed by atoms with Gasteiger partial charge in [-0.2, -0.15) is 0 Å². The van der Waals surface area contributed by atoms with E-state index in [0.29, 0.717) is 35.3 Å². The van der Waals surface area contributed by atoms with Crippen LogP contribution in [0.2, 0.25) is 0 Å². The van der Waals surface area contributed by atoms with Gasteiger partial charge in [0, 0.05) is 23.1 Å². The number of aryl methyl sites for hydroxylation is 1. The first kappa shape index (κ1) is 18.7. The number of esters is 1. The number of carbonyl (C=O) groups is 1. The van der Waals surface area contributed by atoms with Crippen LogP contribution in [0, 0.1) is 12.7 Å². The molecule has 9 heteroatoms. The number of benzene rings is 1. The van der Waals surface area contributed by atoms with Gasteiger partial charge >= 0.3 is 5.97 Å². The first-order valence-electron chi connectivity index (χ1n) is 10.1. The number of carbonyl (C=O) groups excluding carboxylic acids is 1. The van der Waals surface area contributed by atoms with Gasteiger partial charge in [-0.15, -0.1) is 0 Å². The Morgan fingerprint density at radius 2 is 2.10 bits per heavy atom. The number of hydrogen-bond acceptors (Lipinski definition) is 6. The number of fused-ring (bicyclic) bond motifs is 5. The van der Waals surface area contributed by atoms with Crippen LogP contribution in [0.15, 0.2) is 16.9 Å². The summed E-state index contributed by atoms with van der Waals surface area (Å²) >= 11 is 0. The van der Waals surface area contributed by atoms with Crippen LogP contribution in [0.1, 0.15) is 45.8 Å². The Bertz CT molecular complexity index is 1430. The predicted molar refractivity (Wildman–Crippen MR) is 110 cm³/mol. The normalized spacial score (nSPS) is 23.4. The van der Waals surface area contributed by atoms with E-state index in [9.17, 15) is 19.1 Å². The van der Waals surface area contributed by atoms with Crippen molar-refractivity contribution in [3.05, 3.63) is 61.7 Å². The summed E-state index contributed by atoms with van der Waals surface area (Å²) < 4.78 is 21.0. The Morgan fingerprint density at radius 1 is 1.32 bits per heavy atom. The van der Waals surface area contributed by atoms with E-state index < -0.39 is 17.0 Å². The van der Waals surface area contributed by atoms with Gasteiger partial charge < -0.3 is 20.1 Å². The molecule has 2 aliphatic heterocycles. The molecular formula is C22H17BFN3O4. The zero-order chi connectivity index (χ0) is 21.8. The first-order chi connectivity index (χ1) is 14.7. The second kappa shape index (κ2) is 5.80. The highest BCUT2D eigenvalue weighted by Crippen LogP contribution is 2.44. The Morgan fingerprint density at radius 3 is 2.87 bits per heavy atom. The second-order valence-corrected chi connectivity index (χ2v) is 8.51. The van der Waals surface area contributed by atoms with Gasteiger partial charge in [0.1, 0.15) is 25.8 Å². The molecule has 0 spiro atoms. The molecular weight excluding hydrogens is 400 g/mol. The van der Waals surface area contributed by atoms with Crippen LogP contribution in [0.3, 0.4) is 0 Å². The number of pyridine rings is 2. The lowest BCUT2D eigenvalue weighted by atomic mass is 9.73. The molecule has 3 N–H and O–H groups in total. The molecule has 2 radical (unpaired) electrons. The van der Waals surface area contributed by atoms with Gasteiger partial charge in [0.25, 0.3) is 5.56 Å². The number of aromatic nitrogens is 2. The molecule has 7 nitrogen and oxygen atoms in total. The lowest BCUT2D eigenvalue weighted by Gasteiger charge is -2.30. The molecule has 2 atom stereocenters. The summed E-state index contributed by atoms with van der Waals surface area (Å²) in [6.07, 6.45) is 1.32. The van der Waals surface area contributed by atoms with Crippen molar-refractivity contribution >= 4 is 24.7 Å². The Kier molecular flexibility index (Phi) is 3.50. The quantitative estimate of drug-likeness (QED) is 0.329. The van der Waals surface area contributed by atoms with E-state index in [-0.39, 0.29) is 36.1 Å². The fourth-order valence-corrected chi connectivity index (χ4v) is 5.22. The van der Waals surface area contributed by atoms with E-state index in [0.717, 1.165) is 22.1 Å². The number of halogens is 1. The van der Waals surface area contributed by atoms with E-state index >= 15 is 0 Å². The van der Waals surface area contributed by atoms with E-state index in [2.05, 4.69) is 0 Å². The molecule has 4 heterocycles. The van der Waals surface area contributed by atoms with E-state index in [4.69, 9.17) is 23.3 Å². The third-order valence-corrected chi connectivity index (χ3v) is 6.85. The van der Waals surface area contributed by atoms with E-state index in [1.54, 1.807) is 6.92 Å². The van der Waals surface area contributed by atoms with Crippen LogP contribution in [0.5, 0.6) is 0 Å². The molecule has 2 aromatic heterocycles. The number of aliphatic hydroxyl groups is 1. The number of hydrogen-bond donors (Lipinski definition) is 2. The third kappa shape index (κ3) is 2.22. The zero-order valence-corrected chi connectivity index (χ0v) is 16.7. The summed E-state index contributed by atoms with van der Waals surface area (Å²) in [7, 11) is 5.79. The third-order valence-electron chi connectivity index (χ3n) is 6.85. The maximum atomic E-state index is 14.6. The topological polar surface area (TPSA) is 107 Å². The molecule has 31 heavy (non-hydrogen) atoms. The maximum Gasteiger partial charge on any atom is 0.333 e. The van der Waals surface area contributed by atoms with Gasteiger partial charge in [-0.25, -0.2) is 14.2 Å². The highest BCUT2D eigenvalue weighted by atomic mass is 19.1. The van der Waals surface area contributed by atoms with Crippen molar-refractivity contribution in [2.75, 3.05) is 0 Å². The van der Waals surface area contributed by atoms with Crippen molar-refractivity contribution in [1.29, 1.82) is 0 Å². The van der Waals surface area contributed by atoms with E-state index in [1.165, 1.54) is 16.7 Å². The second-order valence-electron chi connectivity index (χ2n) is 8.51. The zero-order valence-electron chi connectivity index (χ0n) is 16.7. The van der Waals surface area contributed by atoms with Crippen LogP contribution >= 0.6 is 0 Å². The van der Waals surface area contributed by atoms with Crippen molar-refractivity contribution in [3.8, 4) is 11.4 Å². The molecule has 0 saturated heterocycles. The summed E-state index contributed by atoms with van der Waals surface area (Å²) in [5.74, 6) is -1.36. The molecule has 3 aromatic rings. The number of nitrogens with two attached hydrogens (primary N) is 1. The summed E-state index contributed by atoms with van der Waals surface area (Å²) in [4.78, 5) is 29.9. The minimum Gasteiger partial charge on any atom is -0.459 e. The molecule has 1 aromatic carbocycles.